The number of amides is 1. The largest absolute Gasteiger partial charge is 0.494 e. The van der Waals surface area contributed by atoms with Gasteiger partial charge in [-0.3, -0.25) is 14.2 Å². The van der Waals surface area contributed by atoms with Gasteiger partial charge in [-0.05, 0) is 70.5 Å². The minimum Gasteiger partial charge on any atom is -0.494 e. The van der Waals surface area contributed by atoms with Crippen molar-refractivity contribution in [3.63, 3.8) is 0 Å². The van der Waals surface area contributed by atoms with E-state index in [1.807, 2.05) is 19.9 Å². The van der Waals surface area contributed by atoms with Crippen LogP contribution in [-0.2, 0) is 11.3 Å². The van der Waals surface area contributed by atoms with E-state index in [-0.39, 0.29) is 24.1 Å². The average Bonchev–Trinajstić information content (AvgIpc) is 2.88. The maximum Gasteiger partial charge on any atom is 0.262 e. The van der Waals surface area contributed by atoms with Gasteiger partial charge in [-0.2, -0.15) is 0 Å². The van der Waals surface area contributed by atoms with E-state index in [1.165, 1.54) is 30.9 Å². The van der Waals surface area contributed by atoms with Crippen LogP contribution in [0.4, 0.5) is 0 Å². The highest BCUT2D eigenvalue weighted by Gasteiger charge is 2.18. The number of piperidine rings is 1. The van der Waals surface area contributed by atoms with Crippen LogP contribution in [-0.4, -0.2) is 64.7 Å². The van der Waals surface area contributed by atoms with Crippen molar-refractivity contribution in [2.75, 3.05) is 33.4 Å². The fourth-order valence-electron chi connectivity index (χ4n) is 4.46. The van der Waals surface area contributed by atoms with E-state index in [4.69, 9.17) is 14.5 Å². The molecule has 0 atom stereocenters. The van der Waals surface area contributed by atoms with Gasteiger partial charge in [-0.1, -0.05) is 12.5 Å². The van der Waals surface area contributed by atoms with Gasteiger partial charge in [0, 0.05) is 18.7 Å². The molecule has 1 fully saturated rings. The number of rotatable bonds is 10. The minimum atomic E-state index is -0.322. The highest BCUT2D eigenvalue weighted by molar-refractivity contribution is 5.82. The maximum atomic E-state index is 13.6. The summed E-state index contributed by atoms with van der Waals surface area (Å²) in [5.41, 5.74) is 0.641. The van der Waals surface area contributed by atoms with Gasteiger partial charge >= 0.3 is 0 Å². The molecule has 0 radical (unpaired) electrons. The molecule has 9 heteroatoms. The van der Waals surface area contributed by atoms with Crippen molar-refractivity contribution in [2.24, 2.45) is 0 Å². The van der Waals surface area contributed by atoms with Crippen LogP contribution in [0.25, 0.3) is 22.4 Å². The quantitative estimate of drug-likeness (QED) is 0.433. The number of nitrogens with zero attached hydrogens (tertiary/aromatic N) is 4. The van der Waals surface area contributed by atoms with E-state index < -0.39 is 0 Å². The zero-order valence-corrected chi connectivity index (χ0v) is 21.3. The van der Waals surface area contributed by atoms with Crippen LogP contribution in [0.5, 0.6) is 11.6 Å². The lowest BCUT2D eigenvalue weighted by Gasteiger charge is -2.26. The van der Waals surface area contributed by atoms with Crippen molar-refractivity contribution >= 4 is 16.8 Å². The highest BCUT2D eigenvalue weighted by atomic mass is 16.5. The Balaban J connectivity index is 1.61. The number of aromatic nitrogens is 3. The predicted molar refractivity (Wildman–Crippen MR) is 139 cm³/mol. The van der Waals surface area contributed by atoms with Crippen molar-refractivity contribution in [2.45, 2.75) is 52.1 Å². The molecule has 9 nitrogen and oxygen atoms in total. The molecule has 0 spiro atoms. The third kappa shape index (κ3) is 6.40. The summed E-state index contributed by atoms with van der Waals surface area (Å²) in [6.07, 6.45) is 4.79. The molecule has 3 heterocycles. The molecule has 1 aliphatic rings. The lowest BCUT2D eigenvalue weighted by molar-refractivity contribution is -0.122. The van der Waals surface area contributed by atoms with Crippen molar-refractivity contribution in [1.82, 2.24) is 24.8 Å². The van der Waals surface area contributed by atoms with Gasteiger partial charge in [0.1, 0.15) is 18.0 Å². The van der Waals surface area contributed by atoms with Crippen molar-refractivity contribution < 1.29 is 14.3 Å². The van der Waals surface area contributed by atoms with Crippen LogP contribution in [0.3, 0.4) is 0 Å². The summed E-state index contributed by atoms with van der Waals surface area (Å²) in [5, 5.41) is 3.24. The van der Waals surface area contributed by atoms with Crippen molar-refractivity contribution in [3.8, 4) is 23.1 Å². The minimum absolute atomic E-state index is 0.0510. The molecule has 1 amide bonds. The van der Waals surface area contributed by atoms with Crippen LogP contribution in [0, 0.1) is 0 Å². The third-order valence-corrected chi connectivity index (χ3v) is 6.17. The molecule has 0 bridgehead atoms. The number of likely N-dealkylation sites (tertiary alicyclic amines) is 1. The van der Waals surface area contributed by atoms with Gasteiger partial charge in [-0.15, -0.1) is 0 Å². The topological polar surface area (TPSA) is 98.6 Å². The number of hydrogen-bond acceptors (Lipinski definition) is 7. The highest BCUT2D eigenvalue weighted by Crippen LogP contribution is 2.22. The summed E-state index contributed by atoms with van der Waals surface area (Å²) in [6, 6.07) is 10.5. The van der Waals surface area contributed by atoms with E-state index >= 15 is 0 Å². The molecule has 3 aromatic rings. The lowest BCUT2D eigenvalue weighted by Crippen LogP contribution is -2.37. The number of fused-ring (bicyclic) bond motifs is 1. The first-order valence-electron chi connectivity index (χ1n) is 12.6. The number of pyridine rings is 1. The summed E-state index contributed by atoms with van der Waals surface area (Å²) in [5.74, 6) is 1.04. The first-order chi connectivity index (χ1) is 17.4. The van der Waals surface area contributed by atoms with E-state index in [0.29, 0.717) is 40.7 Å². The van der Waals surface area contributed by atoms with Crippen molar-refractivity contribution in [3.05, 3.63) is 46.8 Å². The lowest BCUT2D eigenvalue weighted by atomic mass is 10.1. The number of nitrogens with one attached hydrogen (secondary N) is 1. The monoisotopic (exact) mass is 493 g/mol. The standard InChI is InChI=1S/C27H35N5O4/c1-19(2)28-24(33)18-32-26(23-9-7-10-25(29-23)35-3)30-22-12-11-20(17-21(22)27(32)34)36-16-8-15-31-13-5-4-6-14-31/h7,9-12,17,19H,4-6,8,13-16,18H2,1-3H3,(H,28,33). The van der Waals surface area contributed by atoms with Gasteiger partial charge < -0.3 is 19.7 Å². The SMILES string of the molecule is COc1cccc(-c2nc3ccc(OCCCN4CCCCC4)cc3c(=O)n2CC(=O)NC(C)C)n1. The Morgan fingerprint density at radius 1 is 1.11 bits per heavy atom. The molecule has 1 N–H and O–H groups in total. The molecule has 36 heavy (non-hydrogen) atoms. The second-order valence-corrected chi connectivity index (χ2v) is 9.40. The summed E-state index contributed by atoms with van der Waals surface area (Å²) >= 11 is 0. The summed E-state index contributed by atoms with van der Waals surface area (Å²) in [4.78, 5) is 37.9. The Morgan fingerprint density at radius 2 is 1.92 bits per heavy atom. The van der Waals surface area contributed by atoms with E-state index in [1.54, 1.807) is 30.3 Å². The van der Waals surface area contributed by atoms with Gasteiger partial charge in [0.15, 0.2) is 5.82 Å². The molecule has 1 saturated heterocycles. The molecule has 2 aromatic heterocycles. The molecule has 1 aromatic carbocycles. The first-order valence-corrected chi connectivity index (χ1v) is 12.6. The fourth-order valence-corrected chi connectivity index (χ4v) is 4.46. The van der Waals surface area contributed by atoms with Crippen LogP contribution in [0.1, 0.15) is 39.5 Å². The van der Waals surface area contributed by atoms with Crippen LogP contribution in [0.2, 0.25) is 0 Å². The Bertz CT molecular complexity index is 1250. The molecule has 1 aliphatic heterocycles. The maximum absolute atomic E-state index is 13.6. The van der Waals surface area contributed by atoms with Crippen LogP contribution >= 0.6 is 0 Å². The molecule has 0 unspecified atom stereocenters. The normalized spacial score (nSPS) is 14.2. The summed E-state index contributed by atoms with van der Waals surface area (Å²) in [6.45, 7) is 7.49. The smallest absolute Gasteiger partial charge is 0.262 e. The molecule has 0 saturated carbocycles. The second kappa shape index (κ2) is 12.0. The Labute approximate surface area is 211 Å². The van der Waals surface area contributed by atoms with Gasteiger partial charge in [-0.25, -0.2) is 9.97 Å². The number of carbonyl (C=O) groups is 1. The zero-order valence-electron chi connectivity index (χ0n) is 21.3. The molecular weight excluding hydrogens is 458 g/mol. The average molecular weight is 494 g/mol. The zero-order chi connectivity index (χ0) is 25.5. The van der Waals surface area contributed by atoms with Gasteiger partial charge in [0.2, 0.25) is 11.8 Å². The Morgan fingerprint density at radius 3 is 2.67 bits per heavy atom. The second-order valence-electron chi connectivity index (χ2n) is 9.40. The van der Waals surface area contributed by atoms with Crippen molar-refractivity contribution in [1.29, 1.82) is 0 Å². The first kappa shape index (κ1) is 25.6. The van der Waals surface area contributed by atoms with E-state index in [2.05, 4.69) is 15.2 Å². The van der Waals surface area contributed by atoms with E-state index in [0.717, 1.165) is 26.1 Å². The van der Waals surface area contributed by atoms with Crippen LogP contribution in [0.15, 0.2) is 41.2 Å². The van der Waals surface area contributed by atoms with Gasteiger partial charge in [0.05, 0.1) is 24.6 Å². The number of benzene rings is 1. The van der Waals surface area contributed by atoms with E-state index in [9.17, 15) is 9.59 Å². The molecule has 4 rings (SSSR count). The molecular formula is C27H35N5O4. The third-order valence-electron chi connectivity index (χ3n) is 6.17. The predicted octanol–water partition coefficient (Wildman–Crippen LogP) is 3.25. The van der Waals surface area contributed by atoms with Crippen LogP contribution < -0.4 is 20.3 Å². The number of methoxy groups -OCH3 is 1. The molecule has 192 valence electrons. The molecule has 0 aliphatic carbocycles. The fraction of sp³-hybridized carbons (Fsp3) is 0.481. The van der Waals surface area contributed by atoms with Gasteiger partial charge in [0.25, 0.3) is 5.56 Å². The number of ether oxygens (including phenoxy) is 2. The number of hydrogen-bond donors (Lipinski definition) is 1. The summed E-state index contributed by atoms with van der Waals surface area (Å²) < 4.78 is 12.6. The summed E-state index contributed by atoms with van der Waals surface area (Å²) in [7, 11) is 1.52. The Kier molecular flexibility index (Phi) is 8.53. The number of carbonyl (C=O) groups excluding carboxylic acids is 1. The Hall–Kier alpha value is -3.46.